The van der Waals surface area contributed by atoms with Crippen LogP contribution in [0.5, 0.6) is 0 Å². The number of benzene rings is 1. The molecule has 0 radical (unpaired) electrons. The van der Waals surface area contributed by atoms with E-state index in [9.17, 15) is 14.4 Å². The van der Waals surface area contributed by atoms with Gasteiger partial charge >= 0.3 is 0 Å². The minimum atomic E-state index is -0.740. The predicted molar refractivity (Wildman–Crippen MR) is 118 cm³/mol. The van der Waals surface area contributed by atoms with Crippen LogP contribution in [0.1, 0.15) is 48.9 Å². The zero-order valence-corrected chi connectivity index (χ0v) is 18.5. The predicted octanol–water partition coefficient (Wildman–Crippen LogP) is 2.64. The quantitative estimate of drug-likeness (QED) is 0.538. The third kappa shape index (κ3) is 6.75. The molecule has 1 saturated heterocycles. The van der Waals surface area contributed by atoms with Crippen LogP contribution in [0.4, 0.5) is 0 Å². The molecule has 8 nitrogen and oxygen atoms in total. The number of aryl methyl sites for hydroxylation is 1. The number of rotatable bonds is 11. The van der Waals surface area contributed by atoms with Crippen LogP contribution in [0.15, 0.2) is 47.2 Å². The Labute approximate surface area is 188 Å². The molecule has 3 rings (SSSR count). The fraction of sp³-hybridized carbons (Fsp3) is 0.500. The number of hydrogen-bond donors (Lipinski definition) is 1. The lowest BCUT2D eigenvalue weighted by Crippen LogP contribution is -2.46. The van der Waals surface area contributed by atoms with Crippen LogP contribution in [0.3, 0.4) is 0 Å². The van der Waals surface area contributed by atoms with E-state index in [-0.39, 0.29) is 29.9 Å². The lowest BCUT2D eigenvalue weighted by atomic mass is 9.94. The highest BCUT2D eigenvalue weighted by Gasteiger charge is 2.30. The lowest BCUT2D eigenvalue weighted by molar-refractivity contribution is -0.139. The standard InChI is InChI=1S/C24H31N3O5/c1-2-20(22(29)24-25-11-14-32-24)26-23(30)19(10-6-9-18-7-4-3-5-8-18)17-21(28)27-12-15-31-16-13-27/h3-5,7-8,11,14,19-20H,2,6,9-10,12-13,15-17H2,1H3,(H,26,30). The van der Waals surface area contributed by atoms with E-state index in [0.717, 1.165) is 12.8 Å². The molecule has 1 aliphatic heterocycles. The minimum Gasteiger partial charge on any atom is -0.442 e. The number of morpholine rings is 1. The van der Waals surface area contributed by atoms with Gasteiger partial charge in [-0.05, 0) is 31.2 Å². The second-order valence-electron chi connectivity index (χ2n) is 7.94. The van der Waals surface area contributed by atoms with Gasteiger partial charge in [0.05, 0.1) is 25.5 Å². The zero-order chi connectivity index (χ0) is 22.8. The van der Waals surface area contributed by atoms with Gasteiger partial charge in [0, 0.05) is 25.4 Å². The van der Waals surface area contributed by atoms with E-state index >= 15 is 0 Å². The highest BCUT2D eigenvalue weighted by molar-refractivity contribution is 5.99. The summed E-state index contributed by atoms with van der Waals surface area (Å²) >= 11 is 0. The molecule has 2 aromatic rings. The maximum atomic E-state index is 13.1. The van der Waals surface area contributed by atoms with Crippen molar-refractivity contribution in [2.75, 3.05) is 26.3 Å². The Morgan fingerprint density at radius 3 is 2.56 bits per heavy atom. The highest BCUT2D eigenvalue weighted by Crippen LogP contribution is 2.18. The average molecular weight is 442 g/mol. The van der Waals surface area contributed by atoms with E-state index in [0.29, 0.717) is 39.1 Å². The number of nitrogens with one attached hydrogen (secondary N) is 1. The number of ketones is 1. The number of nitrogens with zero attached hydrogens (tertiary/aromatic N) is 2. The van der Waals surface area contributed by atoms with Gasteiger partial charge in [0.2, 0.25) is 17.6 Å². The first-order valence-corrected chi connectivity index (χ1v) is 11.2. The number of ether oxygens (including phenoxy) is 1. The summed E-state index contributed by atoms with van der Waals surface area (Å²) in [6.45, 7) is 3.92. The van der Waals surface area contributed by atoms with Crippen molar-refractivity contribution in [3.63, 3.8) is 0 Å². The summed E-state index contributed by atoms with van der Waals surface area (Å²) in [6, 6.07) is 9.31. The van der Waals surface area contributed by atoms with Crippen molar-refractivity contribution in [2.24, 2.45) is 5.92 Å². The second kappa shape index (κ2) is 12.1. The Kier molecular flexibility index (Phi) is 8.98. The van der Waals surface area contributed by atoms with Crippen LogP contribution in [-0.4, -0.2) is 59.8 Å². The number of Topliss-reactive ketones (excluding diaryl/α,β-unsaturated/α-hetero) is 1. The van der Waals surface area contributed by atoms with Gasteiger partial charge in [-0.1, -0.05) is 37.3 Å². The average Bonchev–Trinajstić information content (AvgIpc) is 3.37. The molecule has 0 bridgehead atoms. The summed E-state index contributed by atoms with van der Waals surface area (Å²) in [7, 11) is 0. The van der Waals surface area contributed by atoms with Gasteiger partial charge < -0.3 is 19.4 Å². The molecule has 1 aliphatic rings. The summed E-state index contributed by atoms with van der Waals surface area (Å²) in [4.78, 5) is 44.2. The van der Waals surface area contributed by atoms with E-state index < -0.39 is 12.0 Å². The molecule has 0 spiro atoms. The molecule has 32 heavy (non-hydrogen) atoms. The molecular weight excluding hydrogens is 410 g/mol. The normalized spacial score (nSPS) is 15.7. The van der Waals surface area contributed by atoms with Crippen LogP contribution in [0.2, 0.25) is 0 Å². The number of carbonyl (C=O) groups is 3. The highest BCUT2D eigenvalue weighted by atomic mass is 16.5. The summed E-state index contributed by atoms with van der Waals surface area (Å²) in [5.41, 5.74) is 1.19. The number of hydrogen-bond acceptors (Lipinski definition) is 6. The lowest BCUT2D eigenvalue weighted by Gasteiger charge is -2.28. The SMILES string of the molecule is CCC(NC(=O)C(CCCc1ccccc1)CC(=O)N1CCOCC1)C(=O)c1ncco1. The van der Waals surface area contributed by atoms with Crippen LogP contribution < -0.4 is 5.32 Å². The molecule has 0 aliphatic carbocycles. The van der Waals surface area contributed by atoms with Crippen molar-refractivity contribution in [1.82, 2.24) is 15.2 Å². The van der Waals surface area contributed by atoms with E-state index in [1.54, 1.807) is 4.90 Å². The molecule has 2 unspecified atom stereocenters. The maximum Gasteiger partial charge on any atom is 0.265 e. The summed E-state index contributed by atoms with van der Waals surface area (Å²) in [5.74, 6) is -1.25. The van der Waals surface area contributed by atoms with Crippen molar-refractivity contribution in [2.45, 2.75) is 45.1 Å². The monoisotopic (exact) mass is 441 g/mol. The van der Waals surface area contributed by atoms with Crippen molar-refractivity contribution in [3.05, 3.63) is 54.2 Å². The molecule has 1 N–H and O–H groups in total. The Morgan fingerprint density at radius 1 is 1.16 bits per heavy atom. The molecule has 1 aromatic carbocycles. The molecule has 1 aromatic heterocycles. The summed E-state index contributed by atoms with van der Waals surface area (Å²) in [5, 5.41) is 2.83. The number of aromatic nitrogens is 1. The second-order valence-corrected chi connectivity index (χ2v) is 7.94. The van der Waals surface area contributed by atoms with E-state index in [2.05, 4.69) is 22.4 Å². The first kappa shape index (κ1) is 23.7. The van der Waals surface area contributed by atoms with Crippen LogP contribution in [0, 0.1) is 5.92 Å². The van der Waals surface area contributed by atoms with Gasteiger partial charge in [-0.15, -0.1) is 0 Å². The van der Waals surface area contributed by atoms with Crippen molar-refractivity contribution in [3.8, 4) is 0 Å². The smallest absolute Gasteiger partial charge is 0.265 e. The molecule has 2 heterocycles. The maximum absolute atomic E-state index is 13.1. The van der Waals surface area contributed by atoms with Crippen LogP contribution >= 0.6 is 0 Å². The van der Waals surface area contributed by atoms with Crippen LogP contribution in [-0.2, 0) is 20.7 Å². The van der Waals surface area contributed by atoms with Crippen LogP contribution in [0.25, 0.3) is 0 Å². The molecule has 1 fully saturated rings. The van der Waals surface area contributed by atoms with Gasteiger partial charge in [0.25, 0.3) is 5.89 Å². The van der Waals surface area contributed by atoms with Gasteiger partial charge in [0.1, 0.15) is 6.26 Å². The Balaban J connectivity index is 1.63. The summed E-state index contributed by atoms with van der Waals surface area (Å²) in [6.07, 6.45) is 5.39. The molecule has 172 valence electrons. The van der Waals surface area contributed by atoms with Gasteiger partial charge in [-0.2, -0.15) is 0 Å². The van der Waals surface area contributed by atoms with E-state index in [4.69, 9.17) is 9.15 Å². The van der Waals surface area contributed by atoms with Gasteiger partial charge in [-0.25, -0.2) is 4.98 Å². The van der Waals surface area contributed by atoms with Gasteiger partial charge in [-0.3, -0.25) is 14.4 Å². The summed E-state index contributed by atoms with van der Waals surface area (Å²) < 4.78 is 10.4. The zero-order valence-electron chi connectivity index (χ0n) is 18.5. The molecule has 0 saturated carbocycles. The first-order chi connectivity index (χ1) is 15.6. The van der Waals surface area contributed by atoms with Crippen molar-refractivity contribution in [1.29, 1.82) is 0 Å². The van der Waals surface area contributed by atoms with E-state index in [1.165, 1.54) is 18.0 Å². The third-order valence-corrected chi connectivity index (χ3v) is 5.70. The van der Waals surface area contributed by atoms with Crippen molar-refractivity contribution >= 4 is 17.6 Å². The number of carbonyl (C=O) groups excluding carboxylic acids is 3. The Bertz CT molecular complexity index is 863. The fourth-order valence-electron chi connectivity index (χ4n) is 3.81. The van der Waals surface area contributed by atoms with E-state index in [1.807, 2.05) is 25.1 Å². The molecule has 2 atom stereocenters. The van der Waals surface area contributed by atoms with Crippen molar-refractivity contribution < 1.29 is 23.5 Å². The van der Waals surface area contributed by atoms with Gasteiger partial charge in [0.15, 0.2) is 0 Å². The fourth-order valence-corrected chi connectivity index (χ4v) is 3.81. The largest absolute Gasteiger partial charge is 0.442 e. The molecule has 2 amide bonds. The number of oxazole rings is 1. The Morgan fingerprint density at radius 2 is 1.91 bits per heavy atom. The third-order valence-electron chi connectivity index (χ3n) is 5.70. The minimum absolute atomic E-state index is 0.0258. The Hall–Kier alpha value is -3.00. The topological polar surface area (TPSA) is 102 Å². The first-order valence-electron chi connectivity index (χ1n) is 11.2. The molecular formula is C24H31N3O5. The molecule has 8 heteroatoms. The number of amides is 2.